The fraction of sp³-hybridized carbons (Fsp3) is 0.611. The Bertz CT molecular complexity index is 891. The topological polar surface area (TPSA) is 110 Å². The van der Waals surface area contributed by atoms with Crippen LogP contribution in [0.5, 0.6) is 5.75 Å². The molecule has 0 aliphatic carbocycles. The molecule has 0 aliphatic rings. The average Bonchev–Trinajstić information content (AvgIpc) is 2.62. The second-order valence-corrected chi connectivity index (χ2v) is 11.2. The minimum absolute atomic E-state index is 0.0739. The minimum Gasteiger partial charge on any atom is -0.492 e. The first-order valence-electron chi connectivity index (χ1n) is 9.23. The maximum atomic E-state index is 12.9. The number of carbonyl (C=O) groups excluding carboxylic acids is 1. The van der Waals surface area contributed by atoms with E-state index in [2.05, 4.69) is 5.32 Å². The molecular formula is C18H30N2O6S2. The second-order valence-electron chi connectivity index (χ2n) is 6.45. The Kier molecular flexibility index (Phi) is 8.45. The first-order valence-corrected chi connectivity index (χ1v) is 12.3. The summed E-state index contributed by atoms with van der Waals surface area (Å²) >= 11 is 0. The van der Waals surface area contributed by atoms with E-state index in [4.69, 9.17) is 4.74 Å². The number of ether oxygens (including phenoxy) is 1. The highest BCUT2D eigenvalue weighted by atomic mass is 32.2. The molecule has 1 amide bonds. The summed E-state index contributed by atoms with van der Waals surface area (Å²) in [5, 5.41) is 0.539. The van der Waals surface area contributed by atoms with E-state index in [1.54, 1.807) is 20.8 Å². The molecule has 0 saturated heterocycles. The van der Waals surface area contributed by atoms with Crippen molar-refractivity contribution in [2.45, 2.75) is 56.9 Å². The van der Waals surface area contributed by atoms with Gasteiger partial charge in [-0.25, -0.2) is 16.8 Å². The summed E-state index contributed by atoms with van der Waals surface area (Å²) in [4.78, 5) is 12.3. The molecule has 0 heterocycles. The summed E-state index contributed by atoms with van der Waals surface area (Å²) in [6.45, 7) is 10.4. The van der Waals surface area contributed by atoms with Gasteiger partial charge >= 0.3 is 0 Å². The van der Waals surface area contributed by atoms with Gasteiger partial charge in [0.2, 0.25) is 15.9 Å². The third-order valence-electron chi connectivity index (χ3n) is 4.35. The van der Waals surface area contributed by atoms with Crippen molar-refractivity contribution in [3.63, 3.8) is 0 Å². The van der Waals surface area contributed by atoms with Crippen molar-refractivity contribution in [1.82, 2.24) is 4.31 Å². The van der Waals surface area contributed by atoms with Crippen LogP contribution in [0.2, 0.25) is 0 Å². The van der Waals surface area contributed by atoms with Crippen molar-refractivity contribution in [1.29, 1.82) is 0 Å². The van der Waals surface area contributed by atoms with Crippen LogP contribution in [-0.4, -0.2) is 57.2 Å². The Hall–Kier alpha value is -1.65. The summed E-state index contributed by atoms with van der Waals surface area (Å²) in [5.41, 5.74) is 0.185. The van der Waals surface area contributed by atoms with Crippen molar-refractivity contribution in [2.24, 2.45) is 0 Å². The van der Waals surface area contributed by atoms with Gasteiger partial charge in [0.05, 0.1) is 11.9 Å². The molecule has 1 atom stereocenters. The third kappa shape index (κ3) is 5.24. The molecule has 0 fully saturated rings. The standard InChI is InChI=1S/C18H30N2O6S2/c1-7-20(8-2)28(24,25)17-12-15(10-11-16(17)26-9-3)19-18(21)14(6)27(22,23)13(4)5/h10-14H,7-9H2,1-6H3,(H,19,21). The van der Waals surface area contributed by atoms with Crippen LogP contribution in [0.1, 0.15) is 41.5 Å². The highest BCUT2D eigenvalue weighted by Gasteiger charge is 2.31. The van der Waals surface area contributed by atoms with Gasteiger partial charge in [-0.3, -0.25) is 4.79 Å². The van der Waals surface area contributed by atoms with Gasteiger partial charge in [0, 0.05) is 18.8 Å². The smallest absolute Gasteiger partial charge is 0.246 e. The number of amides is 1. The quantitative estimate of drug-likeness (QED) is 0.605. The van der Waals surface area contributed by atoms with Crippen molar-refractivity contribution < 1.29 is 26.4 Å². The number of hydrogen-bond donors (Lipinski definition) is 1. The molecule has 1 N–H and O–H groups in total. The zero-order chi connectivity index (χ0) is 21.7. The zero-order valence-electron chi connectivity index (χ0n) is 17.2. The molecule has 0 spiro atoms. The van der Waals surface area contributed by atoms with Crippen LogP contribution in [0.15, 0.2) is 23.1 Å². The molecule has 1 rings (SSSR count). The van der Waals surface area contributed by atoms with Crippen LogP contribution in [-0.2, 0) is 24.7 Å². The van der Waals surface area contributed by atoms with Gasteiger partial charge in [0.25, 0.3) is 0 Å². The number of hydrogen-bond acceptors (Lipinski definition) is 6. The molecule has 0 bridgehead atoms. The molecule has 0 radical (unpaired) electrons. The molecule has 28 heavy (non-hydrogen) atoms. The van der Waals surface area contributed by atoms with E-state index in [1.807, 2.05) is 0 Å². The van der Waals surface area contributed by atoms with Gasteiger partial charge in [-0.2, -0.15) is 4.31 Å². The van der Waals surface area contributed by atoms with Crippen LogP contribution in [0, 0.1) is 0 Å². The summed E-state index contributed by atoms with van der Waals surface area (Å²) in [5.74, 6) is -0.542. The highest BCUT2D eigenvalue weighted by Crippen LogP contribution is 2.30. The maximum Gasteiger partial charge on any atom is 0.246 e. The predicted molar refractivity (Wildman–Crippen MR) is 110 cm³/mol. The second kappa shape index (κ2) is 9.71. The molecule has 8 nitrogen and oxygen atoms in total. The SMILES string of the molecule is CCOc1ccc(NC(=O)C(C)S(=O)(=O)C(C)C)cc1S(=O)(=O)N(CC)CC. The fourth-order valence-corrected chi connectivity index (χ4v) is 5.36. The number of anilines is 1. The number of benzene rings is 1. The minimum atomic E-state index is -3.84. The summed E-state index contributed by atoms with van der Waals surface area (Å²) in [7, 11) is -7.47. The summed E-state index contributed by atoms with van der Waals surface area (Å²) in [6, 6.07) is 4.24. The zero-order valence-corrected chi connectivity index (χ0v) is 18.9. The molecule has 1 aromatic rings. The lowest BCUT2D eigenvalue weighted by Gasteiger charge is -2.21. The summed E-state index contributed by atoms with van der Waals surface area (Å²) < 4.78 is 57.0. The Balaban J connectivity index is 3.33. The summed E-state index contributed by atoms with van der Waals surface area (Å²) in [6.07, 6.45) is 0. The third-order valence-corrected chi connectivity index (χ3v) is 8.94. The van der Waals surface area contributed by atoms with E-state index in [0.717, 1.165) is 0 Å². The van der Waals surface area contributed by atoms with E-state index < -0.39 is 36.3 Å². The van der Waals surface area contributed by atoms with E-state index >= 15 is 0 Å². The van der Waals surface area contributed by atoms with E-state index in [-0.39, 0.29) is 36.0 Å². The highest BCUT2D eigenvalue weighted by molar-refractivity contribution is 7.93. The van der Waals surface area contributed by atoms with Crippen molar-refractivity contribution in [3.05, 3.63) is 18.2 Å². The molecular weight excluding hydrogens is 404 g/mol. The van der Waals surface area contributed by atoms with Crippen LogP contribution < -0.4 is 10.1 Å². The first kappa shape index (κ1) is 24.4. The molecule has 0 aliphatic heterocycles. The predicted octanol–water partition coefficient (Wildman–Crippen LogP) is 2.27. The molecule has 0 aromatic heterocycles. The average molecular weight is 435 g/mol. The molecule has 10 heteroatoms. The largest absolute Gasteiger partial charge is 0.492 e. The van der Waals surface area contributed by atoms with Crippen molar-refractivity contribution in [3.8, 4) is 5.75 Å². The molecule has 1 unspecified atom stereocenters. The van der Waals surface area contributed by atoms with Crippen LogP contribution in [0.3, 0.4) is 0 Å². The van der Waals surface area contributed by atoms with Gasteiger partial charge < -0.3 is 10.1 Å². The lowest BCUT2D eigenvalue weighted by Crippen LogP contribution is -2.36. The first-order chi connectivity index (χ1) is 12.9. The monoisotopic (exact) mass is 434 g/mol. The van der Waals surface area contributed by atoms with Gasteiger partial charge in [-0.15, -0.1) is 0 Å². The van der Waals surface area contributed by atoms with E-state index in [0.29, 0.717) is 0 Å². The number of nitrogens with one attached hydrogen (secondary N) is 1. The lowest BCUT2D eigenvalue weighted by molar-refractivity contribution is -0.115. The van der Waals surface area contributed by atoms with Gasteiger partial charge in [-0.1, -0.05) is 13.8 Å². The maximum absolute atomic E-state index is 12.9. The van der Waals surface area contributed by atoms with Crippen LogP contribution in [0.25, 0.3) is 0 Å². The van der Waals surface area contributed by atoms with Crippen LogP contribution >= 0.6 is 0 Å². The van der Waals surface area contributed by atoms with E-state index in [9.17, 15) is 21.6 Å². The van der Waals surface area contributed by atoms with Gasteiger partial charge in [-0.05, 0) is 45.9 Å². The number of sulfonamides is 1. The molecule has 160 valence electrons. The number of sulfone groups is 1. The van der Waals surface area contributed by atoms with Crippen molar-refractivity contribution >= 4 is 31.5 Å². The lowest BCUT2D eigenvalue weighted by atomic mass is 10.3. The van der Waals surface area contributed by atoms with E-state index in [1.165, 1.54) is 43.3 Å². The number of rotatable bonds is 10. The fourth-order valence-electron chi connectivity index (χ4n) is 2.57. The van der Waals surface area contributed by atoms with Crippen LogP contribution in [0.4, 0.5) is 5.69 Å². The van der Waals surface area contributed by atoms with Gasteiger partial charge in [0.1, 0.15) is 15.9 Å². The Morgan fingerprint density at radius 3 is 2.11 bits per heavy atom. The Morgan fingerprint density at radius 2 is 1.64 bits per heavy atom. The number of nitrogens with zero attached hydrogens (tertiary/aromatic N) is 1. The van der Waals surface area contributed by atoms with Crippen molar-refractivity contribution in [2.75, 3.05) is 25.0 Å². The Labute approximate surface area is 168 Å². The van der Waals surface area contributed by atoms with Gasteiger partial charge in [0.15, 0.2) is 9.84 Å². The normalized spacial score (nSPS) is 13.6. The number of carbonyl (C=O) groups is 1. The Morgan fingerprint density at radius 1 is 1.07 bits per heavy atom. The molecule has 0 saturated carbocycles. The molecule has 1 aromatic carbocycles.